The minimum absolute atomic E-state index is 0. The molecule has 0 amide bonds. The van der Waals surface area contributed by atoms with Crippen LogP contribution in [0.2, 0.25) is 12.1 Å². The van der Waals surface area contributed by atoms with Crippen LogP contribution in [0.3, 0.4) is 0 Å². The van der Waals surface area contributed by atoms with Gasteiger partial charge in [0.2, 0.25) is 0 Å². The largest absolute Gasteiger partial charge is 0.398 e. The molecular formula is C26H50ClNO2Si. The maximum atomic E-state index is 6.13. The molecule has 0 saturated heterocycles. The molecule has 5 heteroatoms. The first-order chi connectivity index (χ1) is 14.5. The van der Waals surface area contributed by atoms with Crippen LogP contribution in [-0.2, 0) is 14.7 Å². The van der Waals surface area contributed by atoms with Gasteiger partial charge >= 0.3 is 8.56 Å². The molecule has 0 fully saturated rings. The first-order valence-electron chi connectivity index (χ1n) is 12.3. The number of unbranched alkanes of at least 4 members (excludes halogenated alkanes) is 8. The van der Waals surface area contributed by atoms with Crippen molar-refractivity contribution in [2.45, 2.75) is 115 Å². The summed E-state index contributed by atoms with van der Waals surface area (Å²) in [6.45, 7) is 6.78. The summed E-state index contributed by atoms with van der Waals surface area (Å²) in [5.41, 5.74) is 3.16. The maximum absolute atomic E-state index is 6.13. The highest BCUT2D eigenvalue weighted by molar-refractivity contribution is 6.67. The third-order valence-electron chi connectivity index (χ3n) is 6.85. The predicted molar refractivity (Wildman–Crippen MR) is 140 cm³/mol. The van der Waals surface area contributed by atoms with E-state index in [2.05, 4.69) is 44.7 Å². The Morgan fingerprint density at radius 3 is 2.00 bits per heavy atom. The lowest BCUT2D eigenvalue weighted by Crippen LogP contribution is -2.42. The van der Waals surface area contributed by atoms with Gasteiger partial charge in [-0.25, -0.2) is 0 Å². The van der Waals surface area contributed by atoms with Gasteiger partial charge in [0.25, 0.3) is 0 Å². The molecule has 0 radical (unpaired) electrons. The Hall–Kier alpha value is -0.393. The van der Waals surface area contributed by atoms with Gasteiger partial charge in [-0.2, -0.15) is 0 Å². The molecule has 2 atom stereocenters. The molecule has 0 saturated carbocycles. The zero-order valence-electron chi connectivity index (χ0n) is 21.1. The monoisotopic (exact) mass is 471 g/mol. The molecule has 31 heavy (non-hydrogen) atoms. The highest BCUT2D eigenvalue weighted by atomic mass is 35.5. The number of halogens is 1. The average Bonchev–Trinajstić information content (AvgIpc) is 2.79. The minimum Gasteiger partial charge on any atom is -0.398 e. The van der Waals surface area contributed by atoms with Crippen molar-refractivity contribution in [2.75, 3.05) is 14.2 Å². The number of hydrogen-bond donors (Lipinski definition) is 1. The van der Waals surface area contributed by atoms with E-state index in [0.717, 1.165) is 12.8 Å². The van der Waals surface area contributed by atoms with E-state index in [1.165, 1.54) is 75.3 Å². The molecular weight excluding hydrogens is 422 g/mol. The average molecular weight is 472 g/mol. The van der Waals surface area contributed by atoms with Crippen LogP contribution < -0.4 is 6.15 Å². The summed E-state index contributed by atoms with van der Waals surface area (Å²) in [7, 11) is 1.50. The van der Waals surface area contributed by atoms with E-state index in [9.17, 15) is 0 Å². The van der Waals surface area contributed by atoms with E-state index in [4.69, 9.17) is 20.5 Å². The number of hydrogen-bond acceptors (Lipinski definition) is 3. The zero-order chi connectivity index (χ0) is 22.2. The Morgan fingerprint density at radius 2 is 1.48 bits per heavy atom. The fourth-order valence-electron chi connectivity index (χ4n) is 4.56. The SMILES string of the molecule is CCCCCCCCCCCC(CC(CC)[Si](C)(OC)OC)c1cccc(CCl)c1.N. The van der Waals surface area contributed by atoms with Crippen molar-refractivity contribution < 1.29 is 8.85 Å². The van der Waals surface area contributed by atoms with E-state index in [-0.39, 0.29) is 6.15 Å². The van der Waals surface area contributed by atoms with Gasteiger partial charge in [0.1, 0.15) is 0 Å². The van der Waals surface area contributed by atoms with Crippen LogP contribution in [0.15, 0.2) is 24.3 Å². The smallest absolute Gasteiger partial charge is 0.337 e. The second kappa shape index (κ2) is 18.1. The van der Waals surface area contributed by atoms with Crippen LogP contribution in [0.1, 0.15) is 108 Å². The van der Waals surface area contributed by atoms with Crippen LogP contribution in [0, 0.1) is 0 Å². The molecule has 0 aromatic heterocycles. The van der Waals surface area contributed by atoms with Gasteiger partial charge in [-0.15, -0.1) is 11.6 Å². The van der Waals surface area contributed by atoms with Gasteiger partial charge in [-0.05, 0) is 36.4 Å². The number of benzene rings is 1. The van der Waals surface area contributed by atoms with Gasteiger partial charge in [-0.3, -0.25) is 0 Å². The Labute approximate surface area is 199 Å². The van der Waals surface area contributed by atoms with Crippen molar-refractivity contribution in [3.05, 3.63) is 35.4 Å². The van der Waals surface area contributed by atoms with E-state index in [0.29, 0.717) is 17.3 Å². The van der Waals surface area contributed by atoms with E-state index in [1.807, 2.05) is 14.2 Å². The first kappa shape index (κ1) is 30.6. The summed E-state index contributed by atoms with van der Waals surface area (Å²) in [4.78, 5) is 0. The molecule has 1 rings (SSSR count). The Kier molecular flexibility index (Phi) is 17.9. The lowest BCUT2D eigenvalue weighted by atomic mass is 9.87. The molecule has 0 bridgehead atoms. The molecule has 0 heterocycles. The highest BCUT2D eigenvalue weighted by Gasteiger charge is 2.39. The molecule has 1 aromatic carbocycles. The summed E-state index contributed by atoms with van der Waals surface area (Å²) < 4.78 is 11.8. The maximum Gasteiger partial charge on any atom is 0.337 e. The van der Waals surface area contributed by atoms with Crippen molar-refractivity contribution in [1.82, 2.24) is 6.15 Å². The van der Waals surface area contributed by atoms with Crippen LogP contribution in [0.25, 0.3) is 0 Å². The number of alkyl halides is 1. The molecule has 1 aromatic rings. The Bertz CT molecular complexity index is 554. The van der Waals surface area contributed by atoms with Gasteiger partial charge in [0.15, 0.2) is 0 Å². The Morgan fingerprint density at radius 1 is 0.903 bits per heavy atom. The van der Waals surface area contributed by atoms with Crippen molar-refractivity contribution in [2.24, 2.45) is 0 Å². The zero-order valence-corrected chi connectivity index (χ0v) is 22.8. The third-order valence-corrected chi connectivity index (χ3v) is 10.9. The summed E-state index contributed by atoms with van der Waals surface area (Å²) in [5.74, 6) is 1.14. The summed E-state index contributed by atoms with van der Waals surface area (Å²) >= 11 is 6.13. The first-order valence-corrected chi connectivity index (χ1v) is 15.2. The van der Waals surface area contributed by atoms with Gasteiger partial charge in [0.05, 0.1) is 0 Å². The van der Waals surface area contributed by atoms with Gasteiger partial charge in [-0.1, -0.05) is 102 Å². The van der Waals surface area contributed by atoms with Gasteiger partial charge in [0, 0.05) is 25.6 Å². The molecule has 182 valence electrons. The minimum atomic E-state index is -2.15. The second-order valence-electron chi connectivity index (χ2n) is 8.96. The van der Waals surface area contributed by atoms with Crippen molar-refractivity contribution in [3.63, 3.8) is 0 Å². The Balaban J connectivity index is 0.00000900. The fourth-order valence-corrected chi connectivity index (χ4v) is 7.02. The lowest BCUT2D eigenvalue weighted by molar-refractivity contribution is 0.229. The third kappa shape index (κ3) is 11.3. The fraction of sp³-hybridized carbons (Fsp3) is 0.769. The summed E-state index contributed by atoms with van der Waals surface area (Å²) in [6, 6.07) is 8.91. The van der Waals surface area contributed by atoms with Crippen LogP contribution in [-0.4, -0.2) is 22.8 Å². The predicted octanol–water partition coefficient (Wildman–Crippen LogP) is 9.13. The van der Waals surface area contributed by atoms with Crippen molar-refractivity contribution in [1.29, 1.82) is 0 Å². The second-order valence-corrected chi connectivity index (χ2v) is 12.9. The molecule has 0 aliphatic heterocycles. The summed E-state index contributed by atoms with van der Waals surface area (Å²) in [5, 5.41) is 0. The normalized spacial score (nSPS) is 13.6. The van der Waals surface area contributed by atoms with E-state index < -0.39 is 8.56 Å². The van der Waals surface area contributed by atoms with Crippen molar-refractivity contribution in [3.8, 4) is 0 Å². The van der Waals surface area contributed by atoms with E-state index in [1.54, 1.807) is 0 Å². The van der Waals surface area contributed by atoms with Crippen LogP contribution in [0.4, 0.5) is 0 Å². The molecule has 3 nitrogen and oxygen atoms in total. The topological polar surface area (TPSA) is 53.5 Å². The van der Waals surface area contributed by atoms with Crippen molar-refractivity contribution >= 4 is 20.2 Å². The number of rotatable bonds is 18. The van der Waals surface area contributed by atoms with Crippen LogP contribution in [0.5, 0.6) is 0 Å². The van der Waals surface area contributed by atoms with Crippen LogP contribution >= 0.6 is 11.6 Å². The standard InChI is InChI=1S/C26H47ClO2Si.H3N/c1-6-8-9-10-11-12-13-14-15-18-25(24-19-16-17-23(20-24)22-27)21-26(7-2)30(5,28-3)29-4;/h16-17,19-20,25-26H,6-15,18,21-22H2,1-5H3;1H3. The highest BCUT2D eigenvalue weighted by Crippen LogP contribution is 2.39. The lowest BCUT2D eigenvalue weighted by Gasteiger charge is -2.34. The molecule has 2 unspecified atom stereocenters. The quantitative estimate of drug-likeness (QED) is 0.132. The summed E-state index contributed by atoms with van der Waals surface area (Å²) in [6.07, 6.45) is 15.9. The van der Waals surface area contributed by atoms with E-state index >= 15 is 0 Å². The van der Waals surface area contributed by atoms with Gasteiger partial charge < -0.3 is 15.0 Å². The molecule has 0 spiro atoms. The molecule has 0 aliphatic carbocycles. The molecule has 0 aliphatic rings. The molecule has 3 N–H and O–H groups in total.